The van der Waals surface area contributed by atoms with E-state index in [1.165, 1.54) is 14.0 Å². The van der Waals surface area contributed by atoms with Crippen LogP contribution in [0.3, 0.4) is 0 Å². The van der Waals surface area contributed by atoms with Gasteiger partial charge in [-0.2, -0.15) is 0 Å². The minimum Gasteiger partial charge on any atom is -0.725 e. The predicted molar refractivity (Wildman–Crippen MR) is 27.3 cm³/mol. The van der Waals surface area contributed by atoms with Crippen LogP contribution < -0.4 is 29.6 Å². The molecular formula is C3H7NaO5S. The molecule has 0 aliphatic rings. The van der Waals surface area contributed by atoms with Gasteiger partial charge in [0.2, 0.25) is 10.4 Å². The van der Waals surface area contributed by atoms with Crippen molar-refractivity contribution >= 4 is 10.4 Å². The Morgan fingerprint density at radius 3 is 2.00 bits per heavy atom. The SMILES string of the molecule is COC(C)OS(=O)(=O)[O-].[Na+]. The maximum atomic E-state index is 9.74. The molecule has 0 rings (SSSR count). The van der Waals surface area contributed by atoms with Gasteiger partial charge in [-0.05, 0) is 6.92 Å². The van der Waals surface area contributed by atoms with Gasteiger partial charge in [-0.3, -0.25) is 0 Å². The van der Waals surface area contributed by atoms with Gasteiger partial charge in [0, 0.05) is 7.11 Å². The van der Waals surface area contributed by atoms with Crippen molar-refractivity contribution in [2.45, 2.75) is 13.2 Å². The summed E-state index contributed by atoms with van der Waals surface area (Å²) in [5, 5.41) is 0. The summed E-state index contributed by atoms with van der Waals surface area (Å²) in [7, 11) is -3.38. The Hall–Kier alpha value is 0.830. The largest absolute Gasteiger partial charge is 1.00 e. The normalized spacial score (nSPS) is 13.9. The quantitative estimate of drug-likeness (QED) is 0.194. The molecule has 0 aromatic heterocycles. The molecule has 10 heavy (non-hydrogen) atoms. The van der Waals surface area contributed by atoms with E-state index in [0.717, 1.165) is 0 Å². The molecule has 7 heteroatoms. The molecule has 0 spiro atoms. The second-order valence-corrected chi connectivity index (χ2v) is 2.32. The molecule has 0 radical (unpaired) electrons. The summed E-state index contributed by atoms with van der Waals surface area (Å²) >= 11 is 0. The zero-order chi connectivity index (χ0) is 7.49. The van der Waals surface area contributed by atoms with E-state index in [4.69, 9.17) is 0 Å². The molecule has 0 fully saturated rings. The molecule has 0 heterocycles. The van der Waals surface area contributed by atoms with Gasteiger partial charge < -0.3 is 9.29 Å². The van der Waals surface area contributed by atoms with E-state index in [1.54, 1.807) is 0 Å². The Bertz CT molecular complexity index is 164. The van der Waals surface area contributed by atoms with E-state index >= 15 is 0 Å². The van der Waals surface area contributed by atoms with Crippen molar-refractivity contribution in [1.82, 2.24) is 0 Å². The molecule has 0 N–H and O–H groups in total. The Balaban J connectivity index is 0. The summed E-state index contributed by atoms with van der Waals surface area (Å²) in [6, 6.07) is 0. The fraction of sp³-hybridized carbons (Fsp3) is 1.00. The maximum Gasteiger partial charge on any atom is 1.00 e. The first kappa shape index (κ1) is 13.4. The Morgan fingerprint density at radius 2 is 1.90 bits per heavy atom. The second-order valence-electron chi connectivity index (χ2n) is 1.31. The molecule has 56 valence electrons. The average molecular weight is 178 g/mol. The summed E-state index contributed by atoms with van der Waals surface area (Å²) in [5.41, 5.74) is 0. The monoisotopic (exact) mass is 178 g/mol. The smallest absolute Gasteiger partial charge is 0.725 e. The van der Waals surface area contributed by atoms with Crippen LogP contribution in [0.2, 0.25) is 0 Å². The van der Waals surface area contributed by atoms with Crippen LogP contribution >= 0.6 is 0 Å². The van der Waals surface area contributed by atoms with Crippen LogP contribution in [0.25, 0.3) is 0 Å². The zero-order valence-corrected chi connectivity index (χ0v) is 8.84. The van der Waals surface area contributed by atoms with E-state index in [9.17, 15) is 13.0 Å². The summed E-state index contributed by atoms with van der Waals surface area (Å²) in [4.78, 5) is 0. The van der Waals surface area contributed by atoms with Gasteiger partial charge in [-0.15, -0.1) is 0 Å². The fourth-order valence-corrected chi connectivity index (χ4v) is 0.616. The van der Waals surface area contributed by atoms with Crippen LogP contribution in [-0.4, -0.2) is 26.4 Å². The number of methoxy groups -OCH3 is 1. The van der Waals surface area contributed by atoms with Crippen molar-refractivity contribution < 1.29 is 51.4 Å². The first-order valence-corrected chi connectivity index (χ1v) is 3.46. The molecule has 0 amide bonds. The number of hydrogen-bond donors (Lipinski definition) is 0. The minimum atomic E-state index is -4.61. The van der Waals surface area contributed by atoms with Crippen molar-refractivity contribution in [2.75, 3.05) is 7.11 Å². The van der Waals surface area contributed by atoms with Crippen molar-refractivity contribution in [3.63, 3.8) is 0 Å². The Morgan fingerprint density at radius 1 is 1.50 bits per heavy atom. The number of hydrogen-bond acceptors (Lipinski definition) is 5. The van der Waals surface area contributed by atoms with Crippen molar-refractivity contribution in [3.8, 4) is 0 Å². The average Bonchev–Trinajstić information content (AvgIpc) is 1.62. The molecule has 0 saturated heterocycles. The number of ether oxygens (including phenoxy) is 1. The molecule has 0 bridgehead atoms. The minimum absolute atomic E-state index is 0. The molecule has 0 aliphatic heterocycles. The van der Waals surface area contributed by atoms with Crippen molar-refractivity contribution in [2.24, 2.45) is 0 Å². The summed E-state index contributed by atoms with van der Waals surface area (Å²) < 4.78 is 37.3. The molecule has 1 atom stereocenters. The summed E-state index contributed by atoms with van der Waals surface area (Å²) in [6.45, 7) is 1.30. The van der Waals surface area contributed by atoms with E-state index in [0.29, 0.717) is 0 Å². The molecule has 1 unspecified atom stereocenters. The first-order valence-electron chi connectivity index (χ1n) is 2.12. The molecule has 0 aromatic carbocycles. The zero-order valence-electron chi connectivity index (χ0n) is 6.03. The van der Waals surface area contributed by atoms with Crippen LogP contribution in [-0.2, 0) is 19.3 Å². The van der Waals surface area contributed by atoms with Crippen LogP contribution in [0.4, 0.5) is 0 Å². The van der Waals surface area contributed by atoms with Gasteiger partial charge in [0.05, 0.1) is 0 Å². The van der Waals surface area contributed by atoms with Crippen LogP contribution in [0, 0.1) is 0 Å². The van der Waals surface area contributed by atoms with Gasteiger partial charge in [0.15, 0.2) is 6.29 Å². The van der Waals surface area contributed by atoms with Gasteiger partial charge in [0.1, 0.15) is 0 Å². The van der Waals surface area contributed by atoms with Gasteiger partial charge in [-0.25, -0.2) is 12.6 Å². The Kier molecular flexibility index (Phi) is 7.35. The van der Waals surface area contributed by atoms with Gasteiger partial charge in [0.25, 0.3) is 0 Å². The maximum absolute atomic E-state index is 9.74. The van der Waals surface area contributed by atoms with Gasteiger partial charge in [-0.1, -0.05) is 0 Å². The van der Waals surface area contributed by atoms with E-state index in [1.807, 2.05) is 0 Å². The predicted octanol–water partition coefficient (Wildman–Crippen LogP) is -3.54. The van der Waals surface area contributed by atoms with Gasteiger partial charge >= 0.3 is 29.6 Å². The molecular weight excluding hydrogens is 171 g/mol. The van der Waals surface area contributed by atoms with E-state index < -0.39 is 16.7 Å². The molecule has 5 nitrogen and oxygen atoms in total. The second kappa shape index (κ2) is 5.48. The molecule has 0 aliphatic carbocycles. The Labute approximate surface area is 81.9 Å². The molecule has 0 aromatic rings. The van der Waals surface area contributed by atoms with Crippen LogP contribution in [0.1, 0.15) is 6.92 Å². The van der Waals surface area contributed by atoms with E-state index in [-0.39, 0.29) is 29.6 Å². The van der Waals surface area contributed by atoms with E-state index in [2.05, 4.69) is 8.92 Å². The topological polar surface area (TPSA) is 75.7 Å². The summed E-state index contributed by atoms with van der Waals surface area (Å²) in [5.74, 6) is 0. The van der Waals surface area contributed by atoms with Crippen LogP contribution in [0.5, 0.6) is 0 Å². The van der Waals surface area contributed by atoms with Crippen molar-refractivity contribution in [1.29, 1.82) is 0 Å². The third kappa shape index (κ3) is 8.83. The third-order valence-electron chi connectivity index (χ3n) is 0.585. The van der Waals surface area contributed by atoms with Crippen molar-refractivity contribution in [3.05, 3.63) is 0 Å². The molecule has 0 saturated carbocycles. The fourth-order valence-electron chi connectivity index (χ4n) is 0.205. The van der Waals surface area contributed by atoms with Crippen LogP contribution in [0.15, 0.2) is 0 Å². The summed E-state index contributed by atoms with van der Waals surface area (Å²) in [6.07, 6.45) is -1.01. The number of rotatable bonds is 3. The first-order chi connectivity index (χ1) is 3.95. The standard InChI is InChI=1S/C3H8O5S.Na/c1-3(7-2)8-9(4,5)6;/h3H,1-2H3,(H,4,5,6);/q;+1/p-1. The third-order valence-corrected chi connectivity index (χ3v) is 1.09.